The summed E-state index contributed by atoms with van der Waals surface area (Å²) in [6.07, 6.45) is 3.10. The molecule has 0 unspecified atom stereocenters. The number of unbranched alkanes of at least 4 members (excludes halogenated alkanes) is 2. The summed E-state index contributed by atoms with van der Waals surface area (Å²) in [4.78, 5) is 25.4. The van der Waals surface area contributed by atoms with Gasteiger partial charge in [0.15, 0.2) is 5.11 Å². The lowest BCUT2D eigenvalue weighted by Gasteiger charge is -2.22. The van der Waals surface area contributed by atoms with E-state index in [0.717, 1.165) is 19.3 Å². The minimum Gasteiger partial charge on any atom is -0.493 e. The van der Waals surface area contributed by atoms with Crippen molar-refractivity contribution < 1.29 is 14.3 Å². The zero-order valence-corrected chi connectivity index (χ0v) is 19.4. The van der Waals surface area contributed by atoms with Gasteiger partial charge in [0.25, 0.3) is 11.8 Å². The highest BCUT2D eigenvalue weighted by molar-refractivity contribution is 7.80. The van der Waals surface area contributed by atoms with Gasteiger partial charge >= 0.3 is 0 Å². The number of amides is 2. The van der Waals surface area contributed by atoms with Crippen molar-refractivity contribution in [1.82, 2.24) is 10.6 Å². The van der Waals surface area contributed by atoms with Gasteiger partial charge in [-0.2, -0.15) is 0 Å². The molecule has 0 saturated heterocycles. The Kier molecular flexibility index (Phi) is 9.00. The van der Waals surface area contributed by atoms with Crippen LogP contribution in [0.3, 0.4) is 0 Å². The van der Waals surface area contributed by atoms with Crippen molar-refractivity contribution in [2.75, 3.05) is 11.9 Å². The number of benzene rings is 2. The number of carbonyl (C=O) groups is 2. The molecule has 2 aromatic carbocycles. The van der Waals surface area contributed by atoms with Crippen molar-refractivity contribution >= 4 is 34.8 Å². The van der Waals surface area contributed by atoms with Crippen LogP contribution < -0.4 is 20.7 Å². The zero-order valence-electron chi connectivity index (χ0n) is 18.6. The first-order chi connectivity index (χ1) is 14.7. The van der Waals surface area contributed by atoms with E-state index in [-0.39, 0.29) is 22.5 Å². The van der Waals surface area contributed by atoms with E-state index in [4.69, 9.17) is 17.0 Å². The van der Waals surface area contributed by atoms with E-state index in [1.807, 2.05) is 26.8 Å². The molecule has 31 heavy (non-hydrogen) atoms. The molecular formula is C24H31N3O3S. The van der Waals surface area contributed by atoms with E-state index in [9.17, 15) is 9.59 Å². The zero-order chi connectivity index (χ0) is 22.9. The molecule has 0 aliphatic heterocycles. The molecule has 0 bridgehead atoms. The van der Waals surface area contributed by atoms with Crippen molar-refractivity contribution in [2.45, 2.75) is 52.5 Å². The molecule has 0 aromatic heterocycles. The third-order valence-electron chi connectivity index (χ3n) is 4.27. The van der Waals surface area contributed by atoms with Gasteiger partial charge in [-0.1, -0.05) is 44.0 Å². The molecule has 2 rings (SSSR count). The monoisotopic (exact) mass is 441 g/mol. The van der Waals surface area contributed by atoms with E-state index < -0.39 is 0 Å². The fourth-order valence-electron chi connectivity index (χ4n) is 2.84. The molecule has 0 atom stereocenters. The van der Waals surface area contributed by atoms with Gasteiger partial charge in [0.05, 0.1) is 23.4 Å². The normalized spacial score (nSPS) is 10.8. The third-order valence-corrected chi connectivity index (χ3v) is 4.48. The Morgan fingerprint density at radius 3 is 2.26 bits per heavy atom. The van der Waals surface area contributed by atoms with Crippen LogP contribution in [0.15, 0.2) is 48.5 Å². The van der Waals surface area contributed by atoms with Gasteiger partial charge in [-0.25, -0.2) is 0 Å². The highest BCUT2D eigenvalue weighted by Gasteiger charge is 2.19. The van der Waals surface area contributed by atoms with Gasteiger partial charge in [-0.3, -0.25) is 14.9 Å². The molecule has 0 spiro atoms. The first kappa shape index (κ1) is 24.3. The van der Waals surface area contributed by atoms with E-state index in [0.29, 0.717) is 29.2 Å². The predicted molar refractivity (Wildman–Crippen MR) is 129 cm³/mol. The second-order valence-electron chi connectivity index (χ2n) is 8.21. The van der Waals surface area contributed by atoms with Crippen LogP contribution in [0.5, 0.6) is 5.75 Å². The molecule has 2 amide bonds. The van der Waals surface area contributed by atoms with Crippen LogP contribution in [0.4, 0.5) is 5.69 Å². The van der Waals surface area contributed by atoms with Crippen LogP contribution in [0.1, 0.15) is 67.7 Å². The highest BCUT2D eigenvalue weighted by atomic mass is 32.1. The fourth-order valence-corrected chi connectivity index (χ4v) is 3.04. The number of hydrogen-bond acceptors (Lipinski definition) is 4. The molecule has 3 N–H and O–H groups in total. The Morgan fingerprint density at radius 2 is 1.58 bits per heavy atom. The standard InChI is InChI=1S/C24H31N3O3S/c1-5-6-11-16-30-20-15-10-8-13-18(20)21(28)26-23(31)25-19-14-9-7-12-17(19)22(29)27-24(2,3)4/h7-10,12-15H,5-6,11,16H2,1-4H3,(H,27,29)(H2,25,26,28,31). The second kappa shape index (κ2) is 11.5. The largest absolute Gasteiger partial charge is 0.493 e. The quantitative estimate of drug-likeness (QED) is 0.401. The molecule has 0 aliphatic carbocycles. The average molecular weight is 442 g/mol. The van der Waals surface area contributed by atoms with Crippen LogP contribution >= 0.6 is 12.2 Å². The van der Waals surface area contributed by atoms with Crippen LogP contribution in [0.25, 0.3) is 0 Å². The number of rotatable bonds is 8. The second-order valence-corrected chi connectivity index (χ2v) is 8.62. The number of carbonyl (C=O) groups excluding carboxylic acids is 2. The molecule has 2 aromatic rings. The summed E-state index contributed by atoms with van der Waals surface area (Å²) in [5, 5.41) is 8.65. The minimum absolute atomic E-state index is 0.0989. The van der Waals surface area contributed by atoms with Gasteiger partial charge in [0.1, 0.15) is 5.75 Å². The summed E-state index contributed by atoms with van der Waals surface area (Å²) in [7, 11) is 0. The van der Waals surface area contributed by atoms with E-state index >= 15 is 0 Å². The lowest BCUT2D eigenvalue weighted by molar-refractivity contribution is 0.0919. The number of thiocarbonyl (C=S) groups is 1. The molecule has 7 heteroatoms. The molecule has 0 fully saturated rings. The van der Waals surface area contributed by atoms with Gasteiger partial charge in [0.2, 0.25) is 0 Å². The summed E-state index contributed by atoms with van der Waals surface area (Å²) in [6, 6.07) is 14.1. The molecule has 166 valence electrons. The lowest BCUT2D eigenvalue weighted by Crippen LogP contribution is -2.41. The average Bonchev–Trinajstić information content (AvgIpc) is 2.70. The highest BCUT2D eigenvalue weighted by Crippen LogP contribution is 2.19. The van der Waals surface area contributed by atoms with Gasteiger partial charge in [-0.05, 0) is 63.7 Å². The first-order valence-electron chi connectivity index (χ1n) is 10.5. The summed E-state index contributed by atoms with van der Waals surface area (Å²) in [5.74, 6) is -0.0837. The van der Waals surface area contributed by atoms with Crippen molar-refractivity contribution in [3.05, 3.63) is 59.7 Å². The van der Waals surface area contributed by atoms with Crippen molar-refractivity contribution in [2.24, 2.45) is 0 Å². The third kappa shape index (κ3) is 8.02. The number of ether oxygens (including phenoxy) is 1. The van der Waals surface area contributed by atoms with Crippen LogP contribution in [0.2, 0.25) is 0 Å². The smallest absolute Gasteiger partial charge is 0.261 e. The summed E-state index contributed by atoms with van der Waals surface area (Å²) < 4.78 is 5.78. The number of para-hydroxylation sites is 2. The number of anilines is 1. The summed E-state index contributed by atoms with van der Waals surface area (Å²) >= 11 is 5.32. The predicted octanol–water partition coefficient (Wildman–Crippen LogP) is 4.91. The molecule has 0 aliphatic rings. The maximum absolute atomic E-state index is 12.8. The topological polar surface area (TPSA) is 79.5 Å². The SMILES string of the molecule is CCCCCOc1ccccc1C(=O)NC(=S)Nc1ccccc1C(=O)NC(C)(C)C. The fraction of sp³-hybridized carbons (Fsp3) is 0.375. The van der Waals surface area contributed by atoms with E-state index in [1.165, 1.54) is 0 Å². The minimum atomic E-state index is -0.375. The van der Waals surface area contributed by atoms with Gasteiger partial charge in [0, 0.05) is 5.54 Å². The Morgan fingerprint density at radius 1 is 0.935 bits per heavy atom. The Labute approximate surface area is 189 Å². The van der Waals surface area contributed by atoms with Gasteiger partial charge < -0.3 is 15.4 Å². The molecular weight excluding hydrogens is 410 g/mol. The summed E-state index contributed by atoms with van der Waals surface area (Å²) in [6.45, 7) is 8.41. The van der Waals surface area contributed by atoms with E-state index in [2.05, 4.69) is 22.9 Å². The first-order valence-corrected chi connectivity index (χ1v) is 10.9. The van der Waals surface area contributed by atoms with Crippen molar-refractivity contribution in [3.8, 4) is 5.75 Å². The molecule has 0 saturated carbocycles. The Hall–Kier alpha value is -2.93. The lowest BCUT2D eigenvalue weighted by atomic mass is 10.1. The molecule has 0 radical (unpaired) electrons. The van der Waals surface area contributed by atoms with Crippen molar-refractivity contribution in [1.29, 1.82) is 0 Å². The van der Waals surface area contributed by atoms with Gasteiger partial charge in [-0.15, -0.1) is 0 Å². The maximum Gasteiger partial charge on any atom is 0.261 e. The Balaban J connectivity index is 2.06. The van der Waals surface area contributed by atoms with Crippen LogP contribution in [-0.2, 0) is 0 Å². The molecule has 6 nitrogen and oxygen atoms in total. The number of nitrogens with one attached hydrogen (secondary N) is 3. The molecule has 0 heterocycles. The van der Waals surface area contributed by atoms with Crippen LogP contribution in [0, 0.1) is 0 Å². The summed E-state index contributed by atoms with van der Waals surface area (Å²) in [5.41, 5.74) is 0.981. The van der Waals surface area contributed by atoms with Crippen molar-refractivity contribution in [3.63, 3.8) is 0 Å². The Bertz CT molecular complexity index is 922. The van der Waals surface area contributed by atoms with E-state index in [1.54, 1.807) is 42.5 Å². The number of hydrogen-bond donors (Lipinski definition) is 3. The maximum atomic E-state index is 12.8. The van der Waals surface area contributed by atoms with Crippen LogP contribution in [-0.4, -0.2) is 29.1 Å².